The van der Waals surface area contributed by atoms with Gasteiger partial charge in [-0.25, -0.2) is 4.72 Å². The van der Waals surface area contributed by atoms with Crippen LogP contribution >= 0.6 is 0 Å². The molecule has 0 radical (unpaired) electrons. The van der Waals surface area contributed by atoms with Gasteiger partial charge < -0.3 is 9.87 Å². The van der Waals surface area contributed by atoms with E-state index in [4.69, 9.17) is 0 Å². The zero-order chi connectivity index (χ0) is 22.4. The minimum atomic E-state index is -2.82. The standard InChI is InChI=1S/C22H21N3O5S/c1-16(17-8-4-2-5-9-17)23-21(26)22(24-31(29)30,18-10-6-3-7-11-18)19-12-14-20(15-13-19)25(27)28/h2-16,24H,1H3,(H,23,26)(H,29,30)/p-1. The molecule has 3 atom stereocenters. The van der Waals surface area contributed by atoms with Crippen molar-refractivity contribution < 1.29 is 18.5 Å². The predicted octanol–water partition coefficient (Wildman–Crippen LogP) is 3.10. The van der Waals surface area contributed by atoms with Crippen LogP contribution < -0.4 is 10.0 Å². The molecule has 0 bridgehead atoms. The zero-order valence-corrected chi connectivity index (χ0v) is 17.4. The van der Waals surface area contributed by atoms with Gasteiger partial charge in [-0.05, 0) is 35.7 Å². The van der Waals surface area contributed by atoms with Crippen LogP contribution in [0.1, 0.15) is 29.7 Å². The molecule has 160 valence electrons. The van der Waals surface area contributed by atoms with Gasteiger partial charge in [0.05, 0.1) is 11.0 Å². The molecule has 8 nitrogen and oxygen atoms in total. The lowest BCUT2D eigenvalue weighted by molar-refractivity contribution is -0.384. The summed E-state index contributed by atoms with van der Waals surface area (Å²) in [6.07, 6.45) is 0. The number of hydrogen-bond donors (Lipinski definition) is 2. The number of non-ortho nitro benzene ring substituents is 1. The number of nitro benzene ring substituents is 1. The van der Waals surface area contributed by atoms with Gasteiger partial charge in [0, 0.05) is 23.4 Å². The Morgan fingerprint density at radius 1 is 0.935 bits per heavy atom. The Bertz CT molecular complexity index is 1080. The molecule has 0 aromatic heterocycles. The maximum atomic E-state index is 13.6. The number of rotatable bonds is 8. The average Bonchev–Trinajstić information content (AvgIpc) is 2.78. The fourth-order valence-corrected chi connectivity index (χ4v) is 3.95. The second-order valence-electron chi connectivity index (χ2n) is 6.86. The Kier molecular flexibility index (Phi) is 6.91. The number of nitrogens with one attached hydrogen (secondary N) is 2. The van der Waals surface area contributed by atoms with E-state index in [1.807, 2.05) is 30.3 Å². The summed E-state index contributed by atoms with van der Waals surface area (Å²) in [7, 11) is 0. The third-order valence-electron chi connectivity index (χ3n) is 4.94. The Morgan fingerprint density at radius 2 is 1.45 bits per heavy atom. The van der Waals surface area contributed by atoms with Gasteiger partial charge in [0.1, 0.15) is 0 Å². The van der Waals surface area contributed by atoms with Gasteiger partial charge in [-0.2, -0.15) is 0 Å². The molecule has 3 rings (SSSR count). The fraction of sp³-hybridized carbons (Fsp3) is 0.136. The third kappa shape index (κ3) is 4.85. The molecule has 0 saturated heterocycles. The van der Waals surface area contributed by atoms with Crippen LogP contribution in [-0.2, 0) is 21.6 Å². The second kappa shape index (κ2) is 9.61. The highest BCUT2D eigenvalue weighted by Gasteiger charge is 2.43. The van der Waals surface area contributed by atoms with Crippen LogP contribution in [0.5, 0.6) is 0 Å². The number of amides is 1. The monoisotopic (exact) mass is 438 g/mol. The van der Waals surface area contributed by atoms with E-state index >= 15 is 0 Å². The van der Waals surface area contributed by atoms with Crippen LogP contribution in [0.25, 0.3) is 0 Å². The minimum absolute atomic E-state index is 0.174. The largest absolute Gasteiger partial charge is 0.760 e. The average molecular weight is 438 g/mol. The van der Waals surface area contributed by atoms with E-state index in [0.717, 1.165) is 5.56 Å². The van der Waals surface area contributed by atoms with Crippen LogP contribution in [0.4, 0.5) is 5.69 Å². The van der Waals surface area contributed by atoms with Gasteiger partial charge in [0.2, 0.25) is 0 Å². The number of carbonyl (C=O) groups is 1. The molecule has 9 heteroatoms. The first-order valence-electron chi connectivity index (χ1n) is 9.38. The molecule has 0 fully saturated rings. The molecule has 31 heavy (non-hydrogen) atoms. The number of carbonyl (C=O) groups excluding carboxylic acids is 1. The molecule has 3 aromatic rings. The first-order valence-corrected chi connectivity index (χ1v) is 10.5. The molecule has 0 aliphatic heterocycles. The smallest absolute Gasteiger partial charge is 0.269 e. The van der Waals surface area contributed by atoms with Crippen molar-refractivity contribution in [3.63, 3.8) is 0 Å². The lowest BCUT2D eigenvalue weighted by Crippen LogP contribution is -2.56. The van der Waals surface area contributed by atoms with Crippen LogP contribution in [0, 0.1) is 10.1 Å². The van der Waals surface area contributed by atoms with Crippen molar-refractivity contribution in [2.75, 3.05) is 0 Å². The zero-order valence-electron chi connectivity index (χ0n) is 16.6. The fourth-order valence-electron chi connectivity index (χ4n) is 3.37. The van der Waals surface area contributed by atoms with Gasteiger partial charge in [-0.3, -0.25) is 19.1 Å². The van der Waals surface area contributed by atoms with Crippen LogP contribution in [-0.4, -0.2) is 19.6 Å². The van der Waals surface area contributed by atoms with Crippen molar-refractivity contribution in [3.8, 4) is 0 Å². The van der Waals surface area contributed by atoms with E-state index in [1.165, 1.54) is 24.3 Å². The van der Waals surface area contributed by atoms with Crippen molar-refractivity contribution >= 4 is 22.9 Å². The van der Waals surface area contributed by atoms with E-state index < -0.39 is 33.7 Å². The van der Waals surface area contributed by atoms with E-state index in [1.54, 1.807) is 37.3 Å². The van der Waals surface area contributed by atoms with Gasteiger partial charge in [-0.1, -0.05) is 60.7 Å². The lowest BCUT2D eigenvalue weighted by atomic mass is 9.82. The van der Waals surface area contributed by atoms with Crippen LogP contribution in [0.2, 0.25) is 0 Å². The molecule has 3 aromatic carbocycles. The second-order valence-corrected chi connectivity index (χ2v) is 7.54. The summed E-state index contributed by atoms with van der Waals surface area (Å²) in [6, 6.07) is 22.3. The maximum Gasteiger partial charge on any atom is 0.269 e. The number of nitro groups is 1. The summed E-state index contributed by atoms with van der Waals surface area (Å²) in [4.78, 5) is 24.1. The van der Waals surface area contributed by atoms with E-state index in [0.29, 0.717) is 5.56 Å². The first-order chi connectivity index (χ1) is 14.8. The number of hydrogen-bond acceptors (Lipinski definition) is 5. The molecule has 0 saturated carbocycles. The Morgan fingerprint density at radius 3 is 1.97 bits per heavy atom. The van der Waals surface area contributed by atoms with Gasteiger partial charge >= 0.3 is 0 Å². The van der Waals surface area contributed by atoms with Crippen molar-refractivity contribution in [3.05, 3.63) is 112 Å². The number of benzene rings is 3. The number of nitrogens with zero attached hydrogens (tertiary/aromatic N) is 1. The molecular weight excluding hydrogens is 418 g/mol. The van der Waals surface area contributed by atoms with E-state index in [2.05, 4.69) is 10.0 Å². The summed E-state index contributed by atoms with van der Waals surface area (Å²) in [5, 5.41) is 13.9. The van der Waals surface area contributed by atoms with Gasteiger partial charge in [-0.15, -0.1) is 0 Å². The summed E-state index contributed by atoms with van der Waals surface area (Å²) < 4.78 is 26.0. The quantitative estimate of drug-likeness (QED) is 0.318. The summed E-state index contributed by atoms with van der Waals surface area (Å²) in [5.41, 5.74) is -0.555. The molecule has 0 spiro atoms. The third-order valence-corrected chi connectivity index (χ3v) is 5.41. The van der Waals surface area contributed by atoms with E-state index in [9.17, 15) is 23.7 Å². The summed E-state index contributed by atoms with van der Waals surface area (Å²) in [5.74, 6) is -0.617. The summed E-state index contributed by atoms with van der Waals surface area (Å²) >= 11 is -2.82. The normalized spacial score (nSPS) is 14.8. The maximum absolute atomic E-state index is 13.6. The van der Waals surface area contributed by atoms with Crippen LogP contribution in [0.3, 0.4) is 0 Å². The Labute approximate surface area is 181 Å². The Hall–Kier alpha value is -3.40. The van der Waals surface area contributed by atoms with Crippen molar-refractivity contribution in [2.24, 2.45) is 0 Å². The lowest BCUT2D eigenvalue weighted by Gasteiger charge is -2.36. The SMILES string of the molecule is CC(NC(=O)C(NS(=O)[O-])(c1ccccc1)c1ccc([N+](=O)[O-])cc1)c1ccccc1. The molecule has 0 heterocycles. The molecule has 0 aliphatic rings. The molecular formula is C22H20N3O5S-. The van der Waals surface area contributed by atoms with Crippen LogP contribution in [0.15, 0.2) is 84.9 Å². The van der Waals surface area contributed by atoms with Crippen molar-refractivity contribution in [1.29, 1.82) is 0 Å². The molecule has 3 unspecified atom stereocenters. The molecule has 0 aliphatic carbocycles. The highest BCUT2D eigenvalue weighted by Crippen LogP contribution is 2.32. The van der Waals surface area contributed by atoms with Crippen molar-refractivity contribution in [1.82, 2.24) is 10.0 Å². The molecule has 2 N–H and O–H groups in total. The van der Waals surface area contributed by atoms with E-state index in [-0.39, 0.29) is 11.3 Å². The molecule has 1 amide bonds. The Balaban J connectivity index is 2.12. The van der Waals surface area contributed by atoms with Gasteiger partial charge in [0.25, 0.3) is 11.6 Å². The van der Waals surface area contributed by atoms with Gasteiger partial charge in [0.15, 0.2) is 5.54 Å². The highest BCUT2D eigenvalue weighted by atomic mass is 32.2. The minimum Gasteiger partial charge on any atom is -0.760 e. The topological polar surface area (TPSA) is 124 Å². The highest BCUT2D eigenvalue weighted by molar-refractivity contribution is 7.77. The first kappa shape index (κ1) is 22.3. The summed E-state index contributed by atoms with van der Waals surface area (Å²) in [6.45, 7) is 1.78. The predicted molar refractivity (Wildman–Crippen MR) is 115 cm³/mol. The van der Waals surface area contributed by atoms with Crippen molar-refractivity contribution in [2.45, 2.75) is 18.5 Å².